The van der Waals surface area contributed by atoms with Crippen LogP contribution in [-0.4, -0.2) is 14.4 Å². The third kappa shape index (κ3) is 1.48. The van der Waals surface area contributed by atoms with E-state index in [-0.39, 0.29) is 0 Å². The summed E-state index contributed by atoms with van der Waals surface area (Å²) >= 11 is 3.62. The molecule has 4 heteroatoms. The van der Waals surface area contributed by atoms with Gasteiger partial charge in [-0.05, 0) is 28.8 Å². The van der Waals surface area contributed by atoms with E-state index < -0.39 is 0 Å². The van der Waals surface area contributed by atoms with Gasteiger partial charge in [0.05, 0.1) is 23.3 Å². The molecule has 4 rings (SSSR count). The maximum absolute atomic E-state index is 4.76. The Hall–Kier alpha value is -1.16. The third-order valence-electron chi connectivity index (χ3n) is 4.08. The number of halogens is 1. The Balaban J connectivity index is 1.90. The Morgan fingerprint density at radius 2 is 2.11 bits per heavy atom. The summed E-state index contributed by atoms with van der Waals surface area (Å²) in [5.41, 5.74) is 4.55. The molecule has 2 heterocycles. The van der Waals surface area contributed by atoms with Crippen LogP contribution >= 0.6 is 15.9 Å². The lowest BCUT2D eigenvalue weighted by molar-refractivity contribution is 0.703. The highest BCUT2D eigenvalue weighted by atomic mass is 79.9. The molecule has 0 bridgehead atoms. The average molecular weight is 304 g/mol. The molecule has 0 radical (unpaired) electrons. The predicted molar refractivity (Wildman–Crippen MR) is 74.8 cm³/mol. The molecule has 3 nitrogen and oxygen atoms in total. The minimum absolute atomic E-state index is 0.657. The molecule has 2 aliphatic rings. The fourth-order valence-electron chi connectivity index (χ4n) is 3.12. The Kier molecular flexibility index (Phi) is 2.34. The van der Waals surface area contributed by atoms with Gasteiger partial charge in [0.15, 0.2) is 5.65 Å². The number of fused-ring (bicyclic) bond motifs is 3. The van der Waals surface area contributed by atoms with Gasteiger partial charge in [0, 0.05) is 23.0 Å². The van der Waals surface area contributed by atoms with Crippen LogP contribution in [0.1, 0.15) is 48.7 Å². The van der Waals surface area contributed by atoms with E-state index in [0.717, 1.165) is 22.2 Å². The van der Waals surface area contributed by atoms with Crippen molar-refractivity contribution >= 4 is 26.1 Å². The third-order valence-corrected chi connectivity index (χ3v) is 4.78. The van der Waals surface area contributed by atoms with E-state index in [1.54, 1.807) is 0 Å². The van der Waals surface area contributed by atoms with Crippen molar-refractivity contribution in [1.29, 1.82) is 0 Å². The second kappa shape index (κ2) is 3.92. The van der Waals surface area contributed by atoms with E-state index in [1.807, 2.05) is 6.20 Å². The van der Waals surface area contributed by atoms with Crippen LogP contribution in [-0.2, 0) is 6.42 Å². The van der Waals surface area contributed by atoms with Gasteiger partial charge in [-0.15, -0.1) is 0 Å². The predicted octanol–water partition coefficient (Wildman–Crippen LogP) is 3.68. The summed E-state index contributed by atoms with van der Waals surface area (Å²) in [7, 11) is 0. The van der Waals surface area contributed by atoms with Gasteiger partial charge < -0.3 is 0 Å². The van der Waals surface area contributed by atoms with E-state index >= 15 is 0 Å². The molecule has 1 fully saturated rings. The highest BCUT2D eigenvalue weighted by Gasteiger charge is 2.22. The molecule has 0 aliphatic heterocycles. The summed E-state index contributed by atoms with van der Waals surface area (Å²) in [5, 5.41) is 0. The molecule has 2 aromatic heterocycles. The van der Waals surface area contributed by atoms with Crippen molar-refractivity contribution in [1.82, 2.24) is 14.4 Å². The zero-order chi connectivity index (χ0) is 12.1. The van der Waals surface area contributed by atoms with Gasteiger partial charge in [-0.2, -0.15) is 0 Å². The SMILES string of the molecule is BrC1=CCc2ncc3nc(C4CCCC4)cn3c21. The van der Waals surface area contributed by atoms with Crippen molar-refractivity contribution in [3.05, 3.63) is 35.6 Å². The molecule has 18 heavy (non-hydrogen) atoms. The highest BCUT2D eigenvalue weighted by Crippen LogP contribution is 2.35. The maximum Gasteiger partial charge on any atom is 0.156 e. The molecule has 0 amide bonds. The first kappa shape index (κ1) is 10.7. The molecular weight excluding hydrogens is 290 g/mol. The summed E-state index contributed by atoms with van der Waals surface area (Å²) in [6.07, 6.45) is 12.5. The monoisotopic (exact) mass is 303 g/mol. The Labute approximate surface area is 114 Å². The molecule has 0 saturated heterocycles. The van der Waals surface area contributed by atoms with Crippen LogP contribution in [0.15, 0.2) is 18.5 Å². The van der Waals surface area contributed by atoms with Crippen molar-refractivity contribution < 1.29 is 0 Å². The van der Waals surface area contributed by atoms with Crippen LogP contribution in [0, 0.1) is 0 Å². The van der Waals surface area contributed by atoms with Crippen molar-refractivity contribution in [2.75, 3.05) is 0 Å². The first-order valence-corrected chi connectivity index (χ1v) is 7.35. The Bertz CT molecular complexity index is 650. The van der Waals surface area contributed by atoms with E-state index in [2.05, 4.69) is 37.6 Å². The lowest BCUT2D eigenvalue weighted by atomic mass is 10.1. The highest BCUT2D eigenvalue weighted by molar-refractivity contribution is 9.15. The molecule has 0 unspecified atom stereocenters. The van der Waals surface area contributed by atoms with Crippen LogP contribution in [0.5, 0.6) is 0 Å². The van der Waals surface area contributed by atoms with Gasteiger partial charge in [0.1, 0.15) is 0 Å². The van der Waals surface area contributed by atoms with E-state index in [9.17, 15) is 0 Å². The number of hydrogen-bond donors (Lipinski definition) is 0. The van der Waals surface area contributed by atoms with Gasteiger partial charge in [0.2, 0.25) is 0 Å². The summed E-state index contributed by atoms with van der Waals surface area (Å²) in [5.74, 6) is 0.657. The van der Waals surface area contributed by atoms with E-state index in [1.165, 1.54) is 37.1 Å². The average Bonchev–Trinajstić information content (AvgIpc) is 3.05. The molecular formula is C14H14BrN3. The van der Waals surface area contributed by atoms with Crippen LogP contribution in [0.2, 0.25) is 0 Å². The van der Waals surface area contributed by atoms with Gasteiger partial charge >= 0.3 is 0 Å². The fraction of sp³-hybridized carbons (Fsp3) is 0.429. The molecule has 2 aliphatic carbocycles. The van der Waals surface area contributed by atoms with Crippen molar-refractivity contribution in [2.45, 2.75) is 38.0 Å². The molecule has 2 aromatic rings. The topological polar surface area (TPSA) is 30.2 Å². The van der Waals surface area contributed by atoms with E-state index in [0.29, 0.717) is 5.92 Å². The number of allylic oxidation sites excluding steroid dienone is 1. The molecule has 0 aromatic carbocycles. The second-order valence-corrected chi connectivity index (χ2v) is 6.04. The first-order chi connectivity index (χ1) is 8.83. The minimum atomic E-state index is 0.657. The summed E-state index contributed by atoms with van der Waals surface area (Å²) < 4.78 is 3.34. The fourth-order valence-corrected chi connectivity index (χ4v) is 3.70. The number of nitrogens with zero attached hydrogens (tertiary/aromatic N) is 3. The maximum atomic E-state index is 4.76. The largest absolute Gasteiger partial charge is 0.296 e. The van der Waals surface area contributed by atoms with Crippen LogP contribution in [0.4, 0.5) is 0 Å². The lowest BCUT2D eigenvalue weighted by Gasteiger charge is -2.03. The van der Waals surface area contributed by atoms with Crippen molar-refractivity contribution in [3.63, 3.8) is 0 Å². The van der Waals surface area contributed by atoms with Gasteiger partial charge in [-0.3, -0.25) is 9.38 Å². The van der Waals surface area contributed by atoms with Crippen molar-refractivity contribution in [2.24, 2.45) is 0 Å². The standard InChI is InChI=1S/C14H14BrN3/c15-10-5-6-11-14(10)18-8-12(9-3-1-2-4-9)17-13(18)7-16-11/h5,7-9H,1-4,6H2. The smallest absolute Gasteiger partial charge is 0.156 e. The zero-order valence-electron chi connectivity index (χ0n) is 10.1. The van der Waals surface area contributed by atoms with Gasteiger partial charge in [-0.25, -0.2) is 4.98 Å². The summed E-state index contributed by atoms with van der Waals surface area (Å²) in [6, 6.07) is 0. The molecule has 1 saturated carbocycles. The lowest BCUT2D eigenvalue weighted by Crippen LogP contribution is -1.97. The molecule has 0 N–H and O–H groups in total. The summed E-state index contributed by atoms with van der Waals surface area (Å²) in [4.78, 5) is 9.27. The van der Waals surface area contributed by atoms with Crippen molar-refractivity contribution in [3.8, 4) is 0 Å². The zero-order valence-corrected chi connectivity index (χ0v) is 11.7. The Morgan fingerprint density at radius 3 is 2.94 bits per heavy atom. The normalized spacial score (nSPS) is 19.5. The summed E-state index contributed by atoms with van der Waals surface area (Å²) in [6.45, 7) is 0. The first-order valence-electron chi connectivity index (χ1n) is 6.56. The number of aromatic nitrogens is 3. The van der Waals surface area contributed by atoms with Crippen LogP contribution in [0.3, 0.4) is 0 Å². The molecule has 0 spiro atoms. The number of rotatable bonds is 1. The van der Waals surface area contributed by atoms with Gasteiger partial charge in [-0.1, -0.05) is 18.9 Å². The number of imidazole rings is 1. The minimum Gasteiger partial charge on any atom is -0.296 e. The number of hydrogen-bond acceptors (Lipinski definition) is 2. The molecule has 92 valence electrons. The Morgan fingerprint density at radius 1 is 1.28 bits per heavy atom. The van der Waals surface area contributed by atoms with Crippen LogP contribution in [0.25, 0.3) is 10.1 Å². The van der Waals surface area contributed by atoms with Crippen LogP contribution < -0.4 is 0 Å². The molecule has 0 atom stereocenters. The van der Waals surface area contributed by atoms with Gasteiger partial charge in [0.25, 0.3) is 0 Å². The van der Waals surface area contributed by atoms with E-state index in [4.69, 9.17) is 4.98 Å². The quantitative estimate of drug-likeness (QED) is 0.804. The second-order valence-electron chi connectivity index (χ2n) is 5.19.